The molecule has 2 atom stereocenters. The number of fused-ring (bicyclic) bond motifs is 2. The normalized spacial score (nSPS) is 25.0. The summed E-state index contributed by atoms with van der Waals surface area (Å²) in [5.74, 6) is -2.21. The van der Waals surface area contributed by atoms with Crippen LogP contribution in [0.25, 0.3) is 0 Å². The van der Waals surface area contributed by atoms with Gasteiger partial charge in [-0.3, -0.25) is 4.79 Å². The molecule has 8 heteroatoms. The number of alkyl halides is 3. The number of amides is 1. The summed E-state index contributed by atoms with van der Waals surface area (Å²) in [6, 6.07) is 1.44. The van der Waals surface area contributed by atoms with E-state index < -0.39 is 46.5 Å². The molecule has 2 unspecified atom stereocenters. The number of ether oxygens (including phenoxy) is 1. The Hall–Kier alpha value is -2.12. The third-order valence-electron chi connectivity index (χ3n) is 5.27. The van der Waals surface area contributed by atoms with Crippen molar-refractivity contribution in [3.8, 4) is 0 Å². The second-order valence-corrected chi connectivity index (χ2v) is 8.50. The van der Waals surface area contributed by atoms with Gasteiger partial charge < -0.3 is 9.64 Å². The zero-order valence-corrected chi connectivity index (χ0v) is 16.0. The van der Waals surface area contributed by atoms with Crippen molar-refractivity contribution in [2.45, 2.75) is 70.3 Å². The summed E-state index contributed by atoms with van der Waals surface area (Å²) in [5, 5.41) is 0. The van der Waals surface area contributed by atoms with Crippen molar-refractivity contribution in [3.63, 3.8) is 0 Å². The first-order valence-electron chi connectivity index (χ1n) is 9.29. The third kappa shape index (κ3) is 4.15. The highest BCUT2D eigenvalue weighted by atomic mass is 19.4. The summed E-state index contributed by atoms with van der Waals surface area (Å²) in [5.41, 5.74) is -2.24. The summed E-state index contributed by atoms with van der Waals surface area (Å²) < 4.78 is 58.3. The van der Waals surface area contributed by atoms with Crippen molar-refractivity contribution in [1.29, 1.82) is 0 Å². The van der Waals surface area contributed by atoms with Crippen LogP contribution in [0, 0.1) is 11.7 Å². The van der Waals surface area contributed by atoms with Gasteiger partial charge in [0.15, 0.2) is 5.78 Å². The summed E-state index contributed by atoms with van der Waals surface area (Å²) in [7, 11) is 0. The average Bonchev–Trinajstić information content (AvgIpc) is 2.82. The van der Waals surface area contributed by atoms with Crippen LogP contribution in [0.1, 0.15) is 62.4 Å². The quantitative estimate of drug-likeness (QED) is 0.505. The van der Waals surface area contributed by atoms with E-state index in [1.165, 1.54) is 0 Å². The number of carbonyl (C=O) groups excluding carboxylic acids is 2. The molecule has 4 nitrogen and oxygen atoms in total. The number of nitrogens with zero attached hydrogens (tertiary/aromatic N) is 1. The molecule has 2 aliphatic rings. The molecule has 0 aromatic heterocycles. The van der Waals surface area contributed by atoms with E-state index in [1.807, 2.05) is 0 Å². The molecule has 1 aromatic rings. The number of halogens is 4. The van der Waals surface area contributed by atoms with Gasteiger partial charge in [0.05, 0.1) is 11.1 Å². The van der Waals surface area contributed by atoms with Crippen LogP contribution in [-0.4, -0.2) is 34.5 Å². The van der Waals surface area contributed by atoms with E-state index in [-0.39, 0.29) is 12.1 Å². The highest BCUT2D eigenvalue weighted by Crippen LogP contribution is 2.41. The summed E-state index contributed by atoms with van der Waals surface area (Å²) in [6.45, 7) is 5.29. The molecule has 1 aromatic carbocycles. The van der Waals surface area contributed by atoms with Crippen LogP contribution in [0.15, 0.2) is 18.2 Å². The number of rotatable bonds is 2. The first kappa shape index (κ1) is 20.6. The van der Waals surface area contributed by atoms with E-state index >= 15 is 0 Å². The van der Waals surface area contributed by atoms with Crippen LogP contribution in [0.5, 0.6) is 0 Å². The van der Waals surface area contributed by atoms with Gasteiger partial charge in [-0.25, -0.2) is 9.18 Å². The molecule has 0 N–H and O–H groups in total. The van der Waals surface area contributed by atoms with Gasteiger partial charge in [-0.15, -0.1) is 0 Å². The number of benzene rings is 1. The van der Waals surface area contributed by atoms with Gasteiger partial charge in [0, 0.05) is 18.0 Å². The zero-order valence-electron chi connectivity index (χ0n) is 16.0. The number of ketones is 1. The molecule has 0 radical (unpaired) electrons. The zero-order chi connectivity index (χ0) is 20.9. The predicted molar refractivity (Wildman–Crippen MR) is 93.3 cm³/mol. The van der Waals surface area contributed by atoms with Gasteiger partial charge in [0.2, 0.25) is 0 Å². The van der Waals surface area contributed by atoms with Crippen LogP contribution in [0.4, 0.5) is 22.4 Å². The lowest BCUT2D eigenvalue weighted by Gasteiger charge is -2.39. The Morgan fingerprint density at radius 1 is 1.07 bits per heavy atom. The molecule has 3 rings (SSSR count). The molecule has 154 valence electrons. The summed E-state index contributed by atoms with van der Waals surface area (Å²) in [6.07, 6.45) is -3.12. The van der Waals surface area contributed by atoms with Gasteiger partial charge in [0.25, 0.3) is 0 Å². The lowest BCUT2D eigenvalue weighted by atomic mass is 9.84. The van der Waals surface area contributed by atoms with Crippen molar-refractivity contribution in [3.05, 3.63) is 35.1 Å². The minimum Gasteiger partial charge on any atom is -0.444 e. The molecule has 0 spiro atoms. The molecule has 2 bridgehead atoms. The van der Waals surface area contributed by atoms with Crippen molar-refractivity contribution in [2.24, 2.45) is 5.92 Å². The van der Waals surface area contributed by atoms with Crippen molar-refractivity contribution in [1.82, 2.24) is 4.90 Å². The highest BCUT2D eigenvalue weighted by molar-refractivity contribution is 5.98. The van der Waals surface area contributed by atoms with E-state index in [4.69, 9.17) is 4.74 Å². The highest BCUT2D eigenvalue weighted by Gasteiger charge is 2.47. The van der Waals surface area contributed by atoms with E-state index in [9.17, 15) is 27.2 Å². The maximum atomic E-state index is 14.1. The van der Waals surface area contributed by atoms with Crippen LogP contribution in [-0.2, 0) is 10.9 Å². The lowest BCUT2D eigenvalue weighted by molar-refractivity contribution is -0.137. The summed E-state index contributed by atoms with van der Waals surface area (Å²) in [4.78, 5) is 26.9. The Labute approximate surface area is 160 Å². The van der Waals surface area contributed by atoms with Crippen molar-refractivity contribution < 1.29 is 31.9 Å². The largest absolute Gasteiger partial charge is 0.444 e. The molecule has 28 heavy (non-hydrogen) atoms. The Kier molecular flexibility index (Phi) is 5.18. The number of hydrogen-bond acceptors (Lipinski definition) is 3. The minimum absolute atomic E-state index is 0.226. The van der Waals surface area contributed by atoms with Crippen LogP contribution in [0.3, 0.4) is 0 Å². The fourth-order valence-corrected chi connectivity index (χ4v) is 4.11. The van der Waals surface area contributed by atoms with E-state index in [0.717, 1.165) is 0 Å². The van der Waals surface area contributed by atoms with Crippen LogP contribution < -0.4 is 0 Å². The standard InChI is InChI=1S/C20H23F4NO3/c1-19(2,3)28-18(27)25-13-5-6-14(25)9-11(8-13)17(26)15-10-12(20(22,23)24)4-7-16(15)21/h4,7,10-11,13-14H,5-6,8-9H2,1-3H3. The summed E-state index contributed by atoms with van der Waals surface area (Å²) >= 11 is 0. The molecule has 2 fully saturated rings. The van der Waals surface area contributed by atoms with Crippen LogP contribution >= 0.6 is 0 Å². The van der Waals surface area contributed by atoms with Gasteiger partial charge in [-0.1, -0.05) is 0 Å². The number of Topliss-reactive ketones (excluding diaryl/α,β-unsaturated/α-hetero) is 1. The Morgan fingerprint density at radius 2 is 1.64 bits per heavy atom. The fraction of sp³-hybridized carbons (Fsp3) is 0.600. The maximum Gasteiger partial charge on any atom is 0.416 e. The second kappa shape index (κ2) is 7.04. The van der Waals surface area contributed by atoms with Gasteiger partial charge >= 0.3 is 12.3 Å². The second-order valence-electron chi connectivity index (χ2n) is 8.50. The molecule has 0 saturated carbocycles. The molecule has 0 aliphatic carbocycles. The Morgan fingerprint density at radius 3 is 2.14 bits per heavy atom. The third-order valence-corrected chi connectivity index (χ3v) is 5.27. The predicted octanol–water partition coefficient (Wildman–Crippen LogP) is 5.21. The number of carbonyl (C=O) groups is 2. The molecule has 2 heterocycles. The Balaban J connectivity index is 1.78. The molecule has 2 aliphatic heterocycles. The van der Waals surface area contributed by atoms with Crippen molar-refractivity contribution in [2.75, 3.05) is 0 Å². The average molecular weight is 401 g/mol. The smallest absolute Gasteiger partial charge is 0.416 e. The molecule has 1 amide bonds. The van der Waals surface area contributed by atoms with Gasteiger partial charge in [0.1, 0.15) is 11.4 Å². The first-order chi connectivity index (χ1) is 12.9. The topological polar surface area (TPSA) is 46.6 Å². The number of piperidine rings is 1. The van der Waals surface area contributed by atoms with Gasteiger partial charge in [-0.05, 0) is 64.7 Å². The lowest BCUT2D eigenvalue weighted by Crippen LogP contribution is -2.49. The molecular weight excluding hydrogens is 378 g/mol. The van der Waals surface area contributed by atoms with Crippen molar-refractivity contribution >= 4 is 11.9 Å². The van der Waals surface area contributed by atoms with E-state index in [2.05, 4.69) is 0 Å². The monoisotopic (exact) mass is 401 g/mol. The maximum absolute atomic E-state index is 14.1. The minimum atomic E-state index is -4.65. The molecular formula is C20H23F4NO3. The first-order valence-corrected chi connectivity index (χ1v) is 9.29. The molecule has 2 saturated heterocycles. The fourth-order valence-electron chi connectivity index (χ4n) is 4.11. The number of hydrogen-bond donors (Lipinski definition) is 0. The SMILES string of the molecule is CC(C)(C)OC(=O)N1C2CCC1CC(C(=O)c1cc(C(F)(F)F)ccc1F)C2. The van der Waals surface area contributed by atoms with Gasteiger partial charge in [-0.2, -0.15) is 13.2 Å². The van der Waals surface area contributed by atoms with E-state index in [1.54, 1.807) is 25.7 Å². The Bertz CT molecular complexity index is 771. The van der Waals surface area contributed by atoms with E-state index in [0.29, 0.717) is 43.9 Å². The van der Waals surface area contributed by atoms with Crippen LogP contribution in [0.2, 0.25) is 0 Å².